The zero-order valence-corrected chi connectivity index (χ0v) is 11.6. The van der Waals surface area contributed by atoms with Crippen LogP contribution in [0.2, 0.25) is 0 Å². The van der Waals surface area contributed by atoms with Crippen molar-refractivity contribution in [3.05, 3.63) is 60.0 Å². The van der Waals surface area contributed by atoms with Crippen molar-refractivity contribution >= 4 is 11.4 Å². The Hall–Kier alpha value is -2.62. The summed E-state index contributed by atoms with van der Waals surface area (Å²) in [5.74, 6) is 1.79. The molecule has 2 aromatic rings. The van der Waals surface area contributed by atoms with E-state index in [-0.39, 0.29) is 0 Å². The summed E-state index contributed by atoms with van der Waals surface area (Å²) in [6, 6.07) is 14.3. The van der Waals surface area contributed by atoms with E-state index in [2.05, 4.69) is 0 Å². The molecule has 20 heavy (non-hydrogen) atoms. The Kier molecular flexibility index (Phi) is 4.15. The van der Waals surface area contributed by atoms with Gasteiger partial charge in [0.2, 0.25) is 0 Å². The molecule has 104 valence electrons. The maximum absolute atomic E-state index is 5.74. The fourth-order valence-corrected chi connectivity index (χ4v) is 1.51. The van der Waals surface area contributed by atoms with E-state index in [9.17, 15) is 0 Å². The van der Waals surface area contributed by atoms with Gasteiger partial charge in [0, 0.05) is 16.9 Å². The first-order valence-corrected chi connectivity index (χ1v) is 6.29. The molecule has 0 heterocycles. The third kappa shape index (κ3) is 3.68. The van der Waals surface area contributed by atoms with Crippen LogP contribution in [0.25, 0.3) is 0 Å². The lowest BCUT2D eigenvalue weighted by molar-refractivity contribution is 0.220. The molecule has 0 unspecified atom stereocenters. The normalized spacial score (nSPS) is 9.90. The molecule has 0 amide bonds. The van der Waals surface area contributed by atoms with Crippen molar-refractivity contribution in [1.82, 2.24) is 0 Å². The summed E-state index contributed by atoms with van der Waals surface area (Å²) >= 11 is 0. The second-order valence-corrected chi connectivity index (χ2v) is 4.63. The van der Waals surface area contributed by atoms with Crippen molar-refractivity contribution in [3.63, 3.8) is 0 Å². The Balaban J connectivity index is 2.14. The molecular weight excluding hydrogens is 252 g/mol. The lowest BCUT2D eigenvalue weighted by Gasteiger charge is -2.13. The molecule has 0 fully saturated rings. The maximum atomic E-state index is 5.74. The number of rotatable bonds is 4. The standard InChI is InChI=1S/C16H18N2O2/c1-11(2)16(19-14-7-3-12(17)4-8-14)20-15-9-5-13(18)6-10-15/h3-10H,17-18H2,1-2H3. The van der Waals surface area contributed by atoms with Crippen molar-refractivity contribution < 1.29 is 9.47 Å². The molecule has 0 aliphatic carbocycles. The second kappa shape index (κ2) is 6.02. The molecule has 4 nitrogen and oxygen atoms in total. The highest BCUT2D eigenvalue weighted by Gasteiger charge is 2.06. The minimum absolute atomic E-state index is 0.444. The molecule has 0 aromatic heterocycles. The summed E-state index contributed by atoms with van der Waals surface area (Å²) in [6.07, 6.45) is 0. The number of benzene rings is 2. The number of nitrogen functional groups attached to an aromatic ring is 2. The smallest absolute Gasteiger partial charge is 0.288 e. The van der Waals surface area contributed by atoms with Gasteiger partial charge in [-0.15, -0.1) is 0 Å². The molecule has 0 saturated carbocycles. The van der Waals surface area contributed by atoms with Gasteiger partial charge >= 0.3 is 0 Å². The summed E-state index contributed by atoms with van der Waals surface area (Å²) in [7, 11) is 0. The van der Waals surface area contributed by atoms with E-state index in [0.29, 0.717) is 28.8 Å². The van der Waals surface area contributed by atoms with Gasteiger partial charge in [0.1, 0.15) is 11.5 Å². The van der Waals surface area contributed by atoms with Crippen LogP contribution in [0.5, 0.6) is 11.5 Å². The second-order valence-electron chi connectivity index (χ2n) is 4.63. The zero-order valence-electron chi connectivity index (χ0n) is 11.6. The van der Waals surface area contributed by atoms with Crippen LogP contribution in [-0.4, -0.2) is 0 Å². The third-order valence-electron chi connectivity index (χ3n) is 2.59. The highest BCUT2D eigenvalue weighted by atomic mass is 16.7. The van der Waals surface area contributed by atoms with E-state index in [4.69, 9.17) is 20.9 Å². The first kappa shape index (κ1) is 13.8. The number of anilines is 2. The van der Waals surface area contributed by atoms with Gasteiger partial charge in [0.25, 0.3) is 5.95 Å². The average molecular weight is 270 g/mol. The van der Waals surface area contributed by atoms with Crippen molar-refractivity contribution in [3.8, 4) is 11.5 Å². The first-order chi connectivity index (χ1) is 9.54. The third-order valence-corrected chi connectivity index (χ3v) is 2.59. The number of hydrogen-bond donors (Lipinski definition) is 2. The molecule has 0 atom stereocenters. The number of nitrogens with two attached hydrogens (primary N) is 2. The van der Waals surface area contributed by atoms with Gasteiger partial charge in [0.15, 0.2) is 0 Å². The predicted octanol–water partition coefficient (Wildman–Crippen LogP) is 3.56. The fraction of sp³-hybridized carbons (Fsp3) is 0.125. The summed E-state index contributed by atoms with van der Waals surface area (Å²) < 4.78 is 11.5. The molecule has 4 N–H and O–H groups in total. The molecule has 4 heteroatoms. The molecule has 0 saturated heterocycles. The number of allylic oxidation sites excluding steroid dienone is 1. The van der Waals surface area contributed by atoms with Gasteiger partial charge in [0.05, 0.1) is 0 Å². The Morgan fingerprint density at radius 1 is 0.700 bits per heavy atom. The summed E-state index contributed by atoms with van der Waals surface area (Å²) in [6.45, 7) is 3.84. The van der Waals surface area contributed by atoms with Crippen LogP contribution in [0.4, 0.5) is 11.4 Å². The van der Waals surface area contributed by atoms with Gasteiger partial charge in [-0.1, -0.05) is 0 Å². The Labute approximate surface area is 118 Å². The van der Waals surface area contributed by atoms with Crippen LogP contribution in [0.15, 0.2) is 60.0 Å². The molecule has 0 bridgehead atoms. The number of hydrogen-bond acceptors (Lipinski definition) is 4. The molecule has 0 aliphatic rings. The van der Waals surface area contributed by atoms with E-state index >= 15 is 0 Å². The summed E-state index contributed by atoms with van der Waals surface area (Å²) in [5.41, 5.74) is 13.6. The molecule has 0 spiro atoms. The average Bonchev–Trinajstić information content (AvgIpc) is 2.42. The fourth-order valence-electron chi connectivity index (χ4n) is 1.51. The van der Waals surface area contributed by atoms with Gasteiger partial charge in [-0.3, -0.25) is 0 Å². The predicted molar refractivity (Wildman–Crippen MR) is 81.3 cm³/mol. The van der Waals surface area contributed by atoms with E-state index < -0.39 is 0 Å². The minimum atomic E-state index is 0.444. The van der Waals surface area contributed by atoms with E-state index in [0.717, 1.165) is 5.57 Å². The lowest BCUT2D eigenvalue weighted by Crippen LogP contribution is -2.06. The first-order valence-electron chi connectivity index (χ1n) is 6.29. The van der Waals surface area contributed by atoms with Crippen molar-refractivity contribution in [2.75, 3.05) is 11.5 Å². The Morgan fingerprint density at radius 3 is 1.35 bits per heavy atom. The Morgan fingerprint density at radius 2 is 1.05 bits per heavy atom. The van der Waals surface area contributed by atoms with Crippen LogP contribution in [0, 0.1) is 0 Å². The zero-order chi connectivity index (χ0) is 14.5. The largest absolute Gasteiger partial charge is 0.426 e. The Bertz CT molecular complexity index is 548. The highest BCUT2D eigenvalue weighted by molar-refractivity contribution is 5.43. The van der Waals surface area contributed by atoms with E-state index in [1.165, 1.54) is 0 Å². The van der Waals surface area contributed by atoms with Gasteiger partial charge in [-0.25, -0.2) is 0 Å². The SMILES string of the molecule is CC(C)=C(Oc1ccc(N)cc1)Oc1ccc(N)cc1. The van der Waals surface area contributed by atoms with Crippen LogP contribution >= 0.6 is 0 Å². The summed E-state index contributed by atoms with van der Waals surface area (Å²) in [4.78, 5) is 0. The van der Waals surface area contributed by atoms with Crippen LogP contribution < -0.4 is 20.9 Å². The molecule has 2 aromatic carbocycles. The summed E-state index contributed by atoms with van der Waals surface area (Å²) in [5, 5.41) is 0. The minimum Gasteiger partial charge on any atom is -0.426 e. The molecule has 0 aliphatic heterocycles. The van der Waals surface area contributed by atoms with Crippen LogP contribution in [-0.2, 0) is 0 Å². The van der Waals surface area contributed by atoms with Crippen molar-refractivity contribution in [1.29, 1.82) is 0 Å². The lowest BCUT2D eigenvalue weighted by atomic mass is 10.3. The molecule has 0 radical (unpaired) electrons. The quantitative estimate of drug-likeness (QED) is 0.658. The topological polar surface area (TPSA) is 70.5 Å². The monoisotopic (exact) mass is 270 g/mol. The van der Waals surface area contributed by atoms with E-state index in [1.807, 2.05) is 13.8 Å². The molecular formula is C16H18N2O2. The van der Waals surface area contributed by atoms with E-state index in [1.54, 1.807) is 48.5 Å². The van der Waals surface area contributed by atoms with Crippen LogP contribution in [0.1, 0.15) is 13.8 Å². The highest BCUT2D eigenvalue weighted by Crippen LogP contribution is 2.22. The van der Waals surface area contributed by atoms with Crippen molar-refractivity contribution in [2.45, 2.75) is 13.8 Å². The van der Waals surface area contributed by atoms with Crippen LogP contribution in [0.3, 0.4) is 0 Å². The number of ether oxygens (including phenoxy) is 2. The van der Waals surface area contributed by atoms with Crippen molar-refractivity contribution in [2.24, 2.45) is 0 Å². The maximum Gasteiger partial charge on any atom is 0.288 e. The molecule has 2 rings (SSSR count). The van der Waals surface area contributed by atoms with Gasteiger partial charge < -0.3 is 20.9 Å². The van der Waals surface area contributed by atoms with Gasteiger partial charge in [-0.05, 0) is 62.4 Å². The van der Waals surface area contributed by atoms with Gasteiger partial charge in [-0.2, -0.15) is 0 Å².